The van der Waals surface area contributed by atoms with Crippen LogP contribution in [0.15, 0.2) is 0 Å². The molecule has 0 radical (unpaired) electrons. The number of hydrogen-bond donors (Lipinski definition) is 1. The molecule has 166 valence electrons. The van der Waals surface area contributed by atoms with Crippen molar-refractivity contribution in [2.45, 2.75) is 45.9 Å². The number of piperidine rings is 1. The van der Waals surface area contributed by atoms with Gasteiger partial charge in [-0.2, -0.15) is 0 Å². The minimum atomic E-state index is -0.255. The smallest absolute Gasteiger partial charge is 0.411 e. The van der Waals surface area contributed by atoms with E-state index in [0.717, 1.165) is 45.6 Å². The van der Waals surface area contributed by atoms with E-state index in [0.29, 0.717) is 24.9 Å². The van der Waals surface area contributed by atoms with Crippen LogP contribution in [0.4, 0.5) is 4.79 Å². The summed E-state index contributed by atoms with van der Waals surface area (Å²) in [4.78, 5) is 30.3. The summed E-state index contributed by atoms with van der Waals surface area (Å²) >= 11 is 0. The van der Waals surface area contributed by atoms with E-state index in [4.69, 9.17) is 9.47 Å². The van der Waals surface area contributed by atoms with E-state index < -0.39 is 0 Å². The van der Waals surface area contributed by atoms with Crippen LogP contribution in [0.2, 0.25) is 0 Å². The average Bonchev–Trinajstić information content (AvgIpc) is 3.01. The van der Waals surface area contributed by atoms with Gasteiger partial charge in [0, 0.05) is 32.7 Å². The van der Waals surface area contributed by atoms with Crippen LogP contribution in [0.5, 0.6) is 0 Å². The molecule has 8 heteroatoms. The monoisotopic (exact) mass is 410 g/mol. The zero-order valence-corrected chi connectivity index (χ0v) is 18.6. The van der Waals surface area contributed by atoms with Gasteiger partial charge in [0.2, 0.25) is 0 Å². The van der Waals surface area contributed by atoms with Crippen LogP contribution in [0, 0.1) is 17.3 Å². The summed E-state index contributed by atoms with van der Waals surface area (Å²) in [5.74, 6) is 0.857. The van der Waals surface area contributed by atoms with Crippen LogP contribution in [0.1, 0.15) is 33.6 Å². The van der Waals surface area contributed by atoms with E-state index in [2.05, 4.69) is 35.9 Å². The number of amides is 1. The number of rotatable bonds is 5. The molecule has 3 saturated heterocycles. The Balaban J connectivity index is 1.83. The maximum Gasteiger partial charge on any atom is 0.411 e. The number of carbonyl (C=O) groups excluding carboxylic acids is 2. The van der Waals surface area contributed by atoms with Gasteiger partial charge in [-0.3, -0.25) is 14.6 Å². The molecule has 0 aromatic carbocycles. The molecule has 3 rings (SSSR count). The van der Waals surface area contributed by atoms with Crippen molar-refractivity contribution in [3.05, 3.63) is 0 Å². The Morgan fingerprint density at radius 1 is 1.24 bits per heavy atom. The highest BCUT2D eigenvalue weighted by Crippen LogP contribution is 2.42. The molecular weight excluding hydrogens is 372 g/mol. The molecule has 0 aromatic rings. The van der Waals surface area contributed by atoms with Gasteiger partial charge < -0.3 is 19.7 Å². The fraction of sp³-hybridized carbons (Fsp3) is 0.905. The van der Waals surface area contributed by atoms with Crippen molar-refractivity contribution in [1.82, 2.24) is 20.0 Å². The summed E-state index contributed by atoms with van der Waals surface area (Å²) in [5, 5.41) is 3.48. The van der Waals surface area contributed by atoms with Gasteiger partial charge in [-0.25, -0.2) is 4.79 Å². The molecule has 0 aliphatic carbocycles. The summed E-state index contributed by atoms with van der Waals surface area (Å²) < 4.78 is 10.6. The molecule has 0 spiro atoms. The summed E-state index contributed by atoms with van der Waals surface area (Å²) in [6, 6.07) is 0.218. The third-order valence-electron chi connectivity index (χ3n) is 6.82. The third kappa shape index (κ3) is 5.22. The summed E-state index contributed by atoms with van der Waals surface area (Å²) in [7, 11) is 3.23. The molecule has 29 heavy (non-hydrogen) atoms. The number of nitrogens with one attached hydrogen (secondary N) is 1. The second-order valence-electron chi connectivity index (χ2n) is 9.81. The third-order valence-corrected chi connectivity index (χ3v) is 6.82. The molecule has 3 unspecified atom stereocenters. The second-order valence-corrected chi connectivity index (χ2v) is 9.81. The van der Waals surface area contributed by atoms with Gasteiger partial charge in [-0.1, -0.05) is 20.8 Å². The van der Waals surface area contributed by atoms with Crippen molar-refractivity contribution in [2.24, 2.45) is 17.3 Å². The first-order chi connectivity index (χ1) is 13.7. The van der Waals surface area contributed by atoms with Gasteiger partial charge in [0.15, 0.2) is 6.23 Å². The van der Waals surface area contributed by atoms with Crippen molar-refractivity contribution < 1.29 is 19.1 Å². The minimum absolute atomic E-state index is 0.104. The van der Waals surface area contributed by atoms with Gasteiger partial charge in [-0.15, -0.1) is 0 Å². The summed E-state index contributed by atoms with van der Waals surface area (Å²) in [5.41, 5.74) is 0.104. The van der Waals surface area contributed by atoms with E-state index in [-0.39, 0.29) is 29.7 Å². The molecule has 0 saturated carbocycles. The van der Waals surface area contributed by atoms with E-state index in [1.54, 1.807) is 11.9 Å². The Morgan fingerprint density at radius 2 is 1.93 bits per heavy atom. The number of nitrogens with zero attached hydrogens (tertiary/aromatic N) is 3. The first-order valence-electron chi connectivity index (χ1n) is 10.9. The lowest BCUT2D eigenvalue weighted by atomic mass is 9.65. The average molecular weight is 411 g/mol. The fourth-order valence-corrected chi connectivity index (χ4v) is 5.44. The number of carbonyl (C=O) groups is 2. The zero-order chi connectivity index (χ0) is 21.2. The van der Waals surface area contributed by atoms with Crippen molar-refractivity contribution in [2.75, 3.05) is 60.0 Å². The number of methoxy groups -OCH3 is 1. The van der Waals surface area contributed by atoms with Crippen molar-refractivity contribution in [3.63, 3.8) is 0 Å². The molecule has 3 aliphatic heterocycles. The molecule has 8 nitrogen and oxygen atoms in total. The molecule has 3 heterocycles. The maximum absolute atomic E-state index is 12.1. The molecule has 0 bridgehead atoms. The first-order valence-corrected chi connectivity index (χ1v) is 10.9. The molecule has 1 N–H and O–H groups in total. The van der Waals surface area contributed by atoms with Gasteiger partial charge in [0.1, 0.15) is 0 Å². The van der Waals surface area contributed by atoms with Crippen molar-refractivity contribution in [3.8, 4) is 0 Å². The van der Waals surface area contributed by atoms with E-state index in [9.17, 15) is 9.59 Å². The standard InChI is InChI=1S/C21H38N4O4/c1-21(2,3)19(15-6-8-22-9-7-15)16-12-25(17-13-23(4)20(27)29-17)11-10-24(16)14-18(26)28-5/h15-17,19,22H,6-14H2,1-5H3. The Hall–Kier alpha value is -1.38. The maximum atomic E-state index is 12.1. The van der Waals surface area contributed by atoms with Crippen LogP contribution < -0.4 is 5.32 Å². The Labute approximate surface area is 174 Å². The normalized spacial score (nSPS) is 29.0. The van der Waals surface area contributed by atoms with Crippen LogP contribution in [-0.4, -0.2) is 99.0 Å². The largest absolute Gasteiger partial charge is 0.468 e. The highest BCUT2D eigenvalue weighted by molar-refractivity contribution is 5.71. The van der Waals surface area contributed by atoms with Gasteiger partial charge in [0.05, 0.1) is 20.2 Å². The lowest BCUT2D eigenvalue weighted by Crippen LogP contribution is -2.62. The number of cyclic esters (lactones) is 1. The topological polar surface area (TPSA) is 74.4 Å². The summed E-state index contributed by atoms with van der Waals surface area (Å²) in [6.45, 7) is 12.3. The molecule has 0 aromatic heterocycles. The SMILES string of the molecule is COC(=O)CN1CCN(C2CN(C)C(=O)O2)CC1C(C1CCNCC1)C(C)(C)C. The Kier molecular flexibility index (Phi) is 7.06. The highest BCUT2D eigenvalue weighted by atomic mass is 16.6. The van der Waals surface area contributed by atoms with Gasteiger partial charge in [-0.05, 0) is 43.2 Å². The Bertz CT molecular complexity index is 588. The van der Waals surface area contributed by atoms with Crippen molar-refractivity contribution in [1.29, 1.82) is 0 Å². The molecule has 1 amide bonds. The lowest BCUT2D eigenvalue weighted by molar-refractivity contribution is -0.145. The number of piperazine rings is 1. The van der Waals surface area contributed by atoms with Gasteiger partial charge in [0.25, 0.3) is 0 Å². The quantitative estimate of drug-likeness (QED) is 0.683. The molecular formula is C21H38N4O4. The summed E-state index contributed by atoms with van der Waals surface area (Å²) in [6.07, 6.45) is 1.86. The molecule has 3 fully saturated rings. The van der Waals surface area contributed by atoms with Crippen LogP contribution in [-0.2, 0) is 14.3 Å². The van der Waals surface area contributed by atoms with Gasteiger partial charge >= 0.3 is 12.1 Å². The minimum Gasteiger partial charge on any atom is -0.468 e. The van der Waals surface area contributed by atoms with Crippen LogP contribution in [0.25, 0.3) is 0 Å². The van der Waals surface area contributed by atoms with E-state index >= 15 is 0 Å². The van der Waals surface area contributed by atoms with Crippen molar-refractivity contribution >= 4 is 12.1 Å². The zero-order valence-electron chi connectivity index (χ0n) is 18.6. The second kappa shape index (κ2) is 9.18. The number of likely N-dealkylation sites (N-methyl/N-ethyl adjacent to an activating group) is 1. The number of ether oxygens (including phenoxy) is 2. The number of hydrogen-bond acceptors (Lipinski definition) is 7. The van der Waals surface area contributed by atoms with E-state index in [1.807, 2.05) is 0 Å². The number of esters is 1. The fourth-order valence-electron chi connectivity index (χ4n) is 5.44. The Morgan fingerprint density at radius 3 is 2.48 bits per heavy atom. The van der Waals surface area contributed by atoms with E-state index in [1.165, 1.54) is 7.11 Å². The molecule has 3 aliphatic rings. The predicted molar refractivity (Wildman–Crippen MR) is 110 cm³/mol. The van der Waals surface area contributed by atoms with Crippen LogP contribution >= 0.6 is 0 Å². The predicted octanol–water partition coefficient (Wildman–Crippen LogP) is 1.22. The molecule has 3 atom stereocenters. The lowest BCUT2D eigenvalue weighted by Gasteiger charge is -2.52. The highest BCUT2D eigenvalue weighted by Gasteiger charge is 2.46. The first kappa shape index (κ1) is 22.3. The van der Waals surface area contributed by atoms with Crippen LogP contribution in [0.3, 0.4) is 0 Å².